The topological polar surface area (TPSA) is 0 Å². The highest BCUT2D eigenvalue weighted by atomic mass is 35.5. The van der Waals surface area contributed by atoms with Gasteiger partial charge < -0.3 is 0 Å². The fourth-order valence-electron chi connectivity index (χ4n) is 1.87. The van der Waals surface area contributed by atoms with Crippen molar-refractivity contribution >= 4 is 23.2 Å². The first-order valence-electron chi connectivity index (χ1n) is 5.01. The Bertz CT molecular complexity index is 285. The van der Waals surface area contributed by atoms with Crippen LogP contribution in [0.3, 0.4) is 0 Å². The monoisotopic (exact) mass is 230 g/mol. The van der Waals surface area contributed by atoms with Gasteiger partial charge in [0.25, 0.3) is 0 Å². The standard InChI is InChI=1S/C12H16Cl2/c1-4-9(8(2)3)12-10(13)6-5-7-11(12)14/h5-9H,4H2,1-3H3/t9-/m0/s1. The molecule has 0 fully saturated rings. The molecular weight excluding hydrogens is 215 g/mol. The van der Waals surface area contributed by atoms with Crippen LogP contribution in [0, 0.1) is 5.92 Å². The maximum absolute atomic E-state index is 6.16. The van der Waals surface area contributed by atoms with Crippen LogP contribution < -0.4 is 0 Å². The highest BCUT2D eigenvalue weighted by Gasteiger charge is 2.19. The molecule has 0 aromatic heterocycles. The third-order valence-electron chi connectivity index (χ3n) is 2.62. The molecule has 1 aromatic carbocycles. The van der Waals surface area contributed by atoms with Crippen LogP contribution in [-0.4, -0.2) is 0 Å². The van der Waals surface area contributed by atoms with Crippen molar-refractivity contribution in [2.45, 2.75) is 33.1 Å². The second-order valence-corrected chi connectivity index (χ2v) is 4.71. The van der Waals surface area contributed by atoms with Crippen molar-refractivity contribution in [1.82, 2.24) is 0 Å². The maximum Gasteiger partial charge on any atom is 0.0455 e. The minimum absolute atomic E-state index is 0.455. The van der Waals surface area contributed by atoms with Gasteiger partial charge in [0.05, 0.1) is 0 Å². The summed E-state index contributed by atoms with van der Waals surface area (Å²) in [7, 11) is 0. The molecule has 0 aliphatic rings. The molecule has 1 atom stereocenters. The van der Waals surface area contributed by atoms with Gasteiger partial charge in [-0.2, -0.15) is 0 Å². The number of rotatable bonds is 3. The lowest BCUT2D eigenvalue weighted by Gasteiger charge is -2.21. The Labute approximate surface area is 96.2 Å². The van der Waals surface area contributed by atoms with Crippen molar-refractivity contribution in [3.63, 3.8) is 0 Å². The van der Waals surface area contributed by atoms with E-state index in [9.17, 15) is 0 Å². The van der Waals surface area contributed by atoms with Crippen LogP contribution in [0.25, 0.3) is 0 Å². The van der Waals surface area contributed by atoms with Crippen molar-refractivity contribution in [3.05, 3.63) is 33.8 Å². The molecule has 0 nitrogen and oxygen atoms in total. The van der Waals surface area contributed by atoms with Gasteiger partial charge in [-0.3, -0.25) is 0 Å². The smallest absolute Gasteiger partial charge is 0.0455 e. The largest absolute Gasteiger partial charge is 0.0840 e. The van der Waals surface area contributed by atoms with E-state index in [-0.39, 0.29) is 0 Å². The Morgan fingerprint density at radius 3 is 2.00 bits per heavy atom. The fourth-order valence-corrected chi connectivity index (χ4v) is 2.55. The molecule has 0 bridgehead atoms. The van der Waals surface area contributed by atoms with Crippen LogP contribution in [0.5, 0.6) is 0 Å². The Hall–Kier alpha value is -0.200. The first-order valence-corrected chi connectivity index (χ1v) is 5.77. The Morgan fingerprint density at radius 2 is 1.64 bits per heavy atom. The highest BCUT2D eigenvalue weighted by molar-refractivity contribution is 6.36. The third-order valence-corrected chi connectivity index (χ3v) is 3.27. The Balaban J connectivity index is 3.15. The molecule has 2 heteroatoms. The maximum atomic E-state index is 6.16. The molecule has 0 aliphatic heterocycles. The van der Waals surface area contributed by atoms with E-state index in [1.165, 1.54) is 0 Å². The normalized spacial score (nSPS) is 13.3. The summed E-state index contributed by atoms with van der Waals surface area (Å²) in [6, 6.07) is 5.71. The van der Waals surface area contributed by atoms with Crippen LogP contribution in [-0.2, 0) is 0 Å². The van der Waals surface area contributed by atoms with Gasteiger partial charge in [0, 0.05) is 10.0 Å². The van der Waals surface area contributed by atoms with Crippen molar-refractivity contribution in [3.8, 4) is 0 Å². The van der Waals surface area contributed by atoms with Crippen LogP contribution >= 0.6 is 23.2 Å². The molecule has 0 saturated heterocycles. The lowest BCUT2D eigenvalue weighted by atomic mass is 9.86. The second-order valence-electron chi connectivity index (χ2n) is 3.89. The number of benzene rings is 1. The van der Waals surface area contributed by atoms with E-state index in [0.29, 0.717) is 11.8 Å². The molecule has 0 amide bonds. The van der Waals surface area contributed by atoms with E-state index < -0.39 is 0 Å². The van der Waals surface area contributed by atoms with Gasteiger partial charge in [-0.05, 0) is 36.0 Å². The van der Waals surface area contributed by atoms with E-state index in [4.69, 9.17) is 23.2 Å². The van der Waals surface area contributed by atoms with Crippen LogP contribution in [0.1, 0.15) is 38.7 Å². The molecule has 0 N–H and O–H groups in total. The average molecular weight is 231 g/mol. The molecule has 0 spiro atoms. The lowest BCUT2D eigenvalue weighted by Crippen LogP contribution is -2.06. The molecule has 14 heavy (non-hydrogen) atoms. The van der Waals surface area contributed by atoms with Gasteiger partial charge in [-0.25, -0.2) is 0 Å². The summed E-state index contributed by atoms with van der Waals surface area (Å²) in [5, 5.41) is 1.58. The molecular formula is C12H16Cl2. The molecule has 0 heterocycles. The Morgan fingerprint density at radius 1 is 1.14 bits per heavy atom. The van der Waals surface area contributed by atoms with Gasteiger partial charge in [0.2, 0.25) is 0 Å². The van der Waals surface area contributed by atoms with Crippen molar-refractivity contribution in [1.29, 1.82) is 0 Å². The minimum Gasteiger partial charge on any atom is -0.0840 e. The molecule has 0 unspecified atom stereocenters. The molecule has 1 aromatic rings. The number of halogens is 2. The third kappa shape index (κ3) is 2.43. The van der Waals surface area contributed by atoms with Crippen LogP contribution in [0.4, 0.5) is 0 Å². The molecule has 78 valence electrons. The Kier molecular flexibility index (Phi) is 4.28. The first kappa shape index (κ1) is 11.9. The summed E-state index contributed by atoms with van der Waals surface area (Å²) in [6.07, 6.45) is 1.07. The van der Waals surface area contributed by atoms with E-state index in [1.807, 2.05) is 18.2 Å². The highest BCUT2D eigenvalue weighted by Crippen LogP contribution is 2.37. The summed E-state index contributed by atoms with van der Waals surface area (Å²) in [6.45, 7) is 6.58. The number of hydrogen-bond donors (Lipinski definition) is 0. The summed E-state index contributed by atoms with van der Waals surface area (Å²) in [5.41, 5.74) is 1.10. The summed E-state index contributed by atoms with van der Waals surface area (Å²) < 4.78 is 0. The van der Waals surface area contributed by atoms with Gasteiger partial charge in [-0.15, -0.1) is 0 Å². The van der Waals surface area contributed by atoms with E-state index in [0.717, 1.165) is 22.0 Å². The summed E-state index contributed by atoms with van der Waals surface area (Å²) in [4.78, 5) is 0. The van der Waals surface area contributed by atoms with Gasteiger partial charge in [0.1, 0.15) is 0 Å². The van der Waals surface area contributed by atoms with Crippen molar-refractivity contribution in [2.75, 3.05) is 0 Å². The van der Waals surface area contributed by atoms with Gasteiger partial charge in [0.15, 0.2) is 0 Å². The van der Waals surface area contributed by atoms with E-state index in [2.05, 4.69) is 20.8 Å². The quantitative estimate of drug-likeness (QED) is 0.675. The average Bonchev–Trinajstić information content (AvgIpc) is 2.10. The predicted octanol–water partition coefficient (Wildman–Crippen LogP) is 5.14. The second kappa shape index (κ2) is 5.04. The summed E-state index contributed by atoms with van der Waals surface area (Å²) >= 11 is 12.3. The predicted molar refractivity (Wildman–Crippen MR) is 64.3 cm³/mol. The SMILES string of the molecule is CC[C@H](c1c(Cl)cccc1Cl)C(C)C. The van der Waals surface area contributed by atoms with E-state index >= 15 is 0 Å². The van der Waals surface area contributed by atoms with Crippen molar-refractivity contribution < 1.29 is 0 Å². The first-order chi connectivity index (χ1) is 6.57. The zero-order valence-electron chi connectivity index (χ0n) is 8.85. The zero-order chi connectivity index (χ0) is 10.7. The molecule has 1 rings (SSSR count). The van der Waals surface area contributed by atoms with Crippen molar-refractivity contribution in [2.24, 2.45) is 5.92 Å². The van der Waals surface area contributed by atoms with Crippen LogP contribution in [0.2, 0.25) is 10.0 Å². The molecule has 0 saturated carbocycles. The van der Waals surface area contributed by atoms with Gasteiger partial charge in [-0.1, -0.05) is 50.0 Å². The minimum atomic E-state index is 0.455. The van der Waals surface area contributed by atoms with Gasteiger partial charge >= 0.3 is 0 Å². The zero-order valence-corrected chi connectivity index (χ0v) is 10.4. The fraction of sp³-hybridized carbons (Fsp3) is 0.500. The molecule has 0 aliphatic carbocycles. The summed E-state index contributed by atoms with van der Waals surface area (Å²) in [5.74, 6) is 1.02. The van der Waals surface area contributed by atoms with Crippen LogP contribution in [0.15, 0.2) is 18.2 Å². The van der Waals surface area contributed by atoms with E-state index in [1.54, 1.807) is 0 Å². The number of hydrogen-bond acceptors (Lipinski definition) is 0. The molecule has 0 radical (unpaired) electrons. The lowest BCUT2D eigenvalue weighted by molar-refractivity contribution is 0.485.